The van der Waals surface area contributed by atoms with E-state index in [0.29, 0.717) is 17.3 Å². The van der Waals surface area contributed by atoms with Gasteiger partial charge < -0.3 is 4.74 Å². The van der Waals surface area contributed by atoms with Crippen molar-refractivity contribution in [1.29, 1.82) is 0 Å². The summed E-state index contributed by atoms with van der Waals surface area (Å²) in [6, 6.07) is 7.84. The normalized spacial score (nSPS) is 39.0. The highest BCUT2D eigenvalue weighted by Gasteiger charge is 2.59. The van der Waals surface area contributed by atoms with E-state index in [1.807, 2.05) is 24.3 Å². The zero-order valence-corrected chi connectivity index (χ0v) is 22.4. The third-order valence-corrected chi connectivity index (χ3v) is 11.9. The standard InChI is InChI=1S/C30H45NO2S/c1-29-19-5-4-7-21(29)10-16-25-26-17-11-22(30(26,2)20-18-27(25)29)8-6-9-28(32)31-34-24-14-12-23(33-3)13-15-24/h12-15,21-22,25-27H,4-11,16-20H2,1-3H3,(H,31,32). The van der Waals surface area contributed by atoms with Crippen molar-refractivity contribution in [3.8, 4) is 5.75 Å². The number of carbonyl (C=O) groups excluding carboxylic acids is 1. The van der Waals surface area contributed by atoms with Gasteiger partial charge in [-0.05, 0) is 141 Å². The van der Waals surface area contributed by atoms with Crippen LogP contribution in [0.2, 0.25) is 0 Å². The van der Waals surface area contributed by atoms with Crippen molar-refractivity contribution >= 4 is 17.9 Å². The minimum Gasteiger partial charge on any atom is -0.497 e. The van der Waals surface area contributed by atoms with Gasteiger partial charge in [0, 0.05) is 11.3 Å². The van der Waals surface area contributed by atoms with E-state index in [4.69, 9.17) is 4.74 Å². The highest BCUT2D eigenvalue weighted by molar-refractivity contribution is 7.98. The maximum absolute atomic E-state index is 12.5. The summed E-state index contributed by atoms with van der Waals surface area (Å²) in [5.74, 6) is 5.74. The van der Waals surface area contributed by atoms with Crippen LogP contribution in [0.4, 0.5) is 0 Å². The van der Waals surface area contributed by atoms with Crippen LogP contribution in [0.5, 0.6) is 5.75 Å². The molecule has 3 nitrogen and oxygen atoms in total. The van der Waals surface area contributed by atoms with Gasteiger partial charge >= 0.3 is 0 Å². The zero-order chi connectivity index (χ0) is 23.8. The molecule has 1 amide bonds. The van der Waals surface area contributed by atoms with E-state index in [2.05, 4.69) is 18.6 Å². The predicted molar refractivity (Wildman–Crippen MR) is 141 cm³/mol. The Bertz CT molecular complexity index is 856. The Morgan fingerprint density at radius 3 is 2.56 bits per heavy atom. The fourth-order valence-electron chi connectivity index (χ4n) is 9.20. The molecule has 1 N–H and O–H groups in total. The first kappa shape index (κ1) is 24.5. The van der Waals surface area contributed by atoms with E-state index in [0.717, 1.165) is 46.7 Å². The lowest BCUT2D eigenvalue weighted by Crippen LogP contribution is -2.52. The minimum atomic E-state index is 0.160. The monoisotopic (exact) mass is 483 g/mol. The lowest BCUT2D eigenvalue weighted by atomic mass is 9.45. The molecule has 0 heterocycles. The van der Waals surface area contributed by atoms with Crippen LogP contribution in [-0.4, -0.2) is 13.0 Å². The molecule has 0 saturated heterocycles. The second kappa shape index (κ2) is 10.1. The molecule has 1 aromatic carbocycles. The molecule has 0 bridgehead atoms. The van der Waals surface area contributed by atoms with Crippen LogP contribution in [-0.2, 0) is 4.79 Å². The van der Waals surface area contributed by atoms with Crippen molar-refractivity contribution in [2.45, 2.75) is 102 Å². The molecular formula is C30H45NO2S. The number of nitrogens with one attached hydrogen (secondary N) is 1. The summed E-state index contributed by atoms with van der Waals surface area (Å²) >= 11 is 1.41. The lowest BCUT2D eigenvalue weighted by molar-refractivity contribution is -0.119. The lowest BCUT2D eigenvalue weighted by Gasteiger charge is -2.60. The third-order valence-electron chi connectivity index (χ3n) is 11.1. The van der Waals surface area contributed by atoms with Gasteiger partial charge in [-0.3, -0.25) is 9.52 Å². The van der Waals surface area contributed by atoms with Gasteiger partial charge in [-0.15, -0.1) is 0 Å². The van der Waals surface area contributed by atoms with Gasteiger partial charge in [0.2, 0.25) is 5.91 Å². The molecule has 4 fully saturated rings. The zero-order valence-electron chi connectivity index (χ0n) is 21.6. The quantitative estimate of drug-likeness (QED) is 0.399. The summed E-state index contributed by atoms with van der Waals surface area (Å²) < 4.78 is 8.24. The predicted octanol–water partition coefficient (Wildman–Crippen LogP) is 8.04. The summed E-state index contributed by atoms with van der Waals surface area (Å²) in [4.78, 5) is 13.5. The van der Waals surface area contributed by atoms with E-state index in [-0.39, 0.29) is 5.91 Å². The fraction of sp³-hybridized carbons (Fsp3) is 0.767. The Morgan fingerprint density at radius 2 is 1.76 bits per heavy atom. The van der Waals surface area contributed by atoms with Crippen molar-refractivity contribution in [1.82, 2.24) is 4.72 Å². The Balaban J connectivity index is 1.12. The largest absolute Gasteiger partial charge is 0.497 e. The van der Waals surface area contributed by atoms with Crippen molar-refractivity contribution in [2.24, 2.45) is 40.4 Å². The van der Waals surface area contributed by atoms with E-state index in [9.17, 15) is 4.79 Å². The van der Waals surface area contributed by atoms with E-state index >= 15 is 0 Å². The first-order chi connectivity index (χ1) is 16.4. The SMILES string of the molecule is COc1ccc(SNC(=O)CCCC2CCC3C4CCC5CCCCC5(C)C4CCC23C)cc1. The molecule has 7 atom stereocenters. The molecule has 0 aliphatic heterocycles. The molecule has 0 spiro atoms. The van der Waals surface area contributed by atoms with E-state index in [1.165, 1.54) is 82.6 Å². The van der Waals surface area contributed by atoms with Gasteiger partial charge in [-0.2, -0.15) is 0 Å². The summed E-state index contributed by atoms with van der Waals surface area (Å²) in [6.45, 7) is 5.33. The first-order valence-electron chi connectivity index (χ1n) is 14.0. The van der Waals surface area contributed by atoms with Crippen molar-refractivity contribution in [2.75, 3.05) is 7.11 Å². The molecule has 4 aliphatic rings. The molecule has 0 aromatic heterocycles. The Morgan fingerprint density at radius 1 is 0.971 bits per heavy atom. The average molecular weight is 484 g/mol. The van der Waals surface area contributed by atoms with Crippen molar-refractivity contribution in [3.63, 3.8) is 0 Å². The number of benzene rings is 1. The number of ether oxygens (including phenoxy) is 1. The Labute approximate surface area is 211 Å². The average Bonchev–Trinajstić information content (AvgIpc) is 3.19. The molecule has 4 aliphatic carbocycles. The first-order valence-corrected chi connectivity index (χ1v) is 14.9. The van der Waals surface area contributed by atoms with Crippen LogP contribution in [0.15, 0.2) is 29.2 Å². The second-order valence-electron chi connectivity index (χ2n) is 12.4. The molecule has 7 unspecified atom stereocenters. The van der Waals surface area contributed by atoms with Gasteiger partial charge in [0.1, 0.15) is 5.75 Å². The van der Waals surface area contributed by atoms with Crippen LogP contribution in [0.1, 0.15) is 97.3 Å². The molecule has 5 rings (SSSR count). The maximum Gasteiger partial charge on any atom is 0.230 e. The highest BCUT2D eigenvalue weighted by Crippen LogP contribution is 2.67. The number of fused-ring (bicyclic) bond motifs is 5. The number of carbonyl (C=O) groups is 1. The van der Waals surface area contributed by atoms with Crippen LogP contribution in [0, 0.1) is 40.4 Å². The summed E-state index contributed by atoms with van der Waals surface area (Å²) in [5.41, 5.74) is 1.16. The number of hydrogen-bond donors (Lipinski definition) is 1. The van der Waals surface area contributed by atoms with Crippen LogP contribution >= 0.6 is 11.9 Å². The second-order valence-corrected chi connectivity index (χ2v) is 13.3. The summed E-state index contributed by atoms with van der Waals surface area (Å²) in [6.07, 6.45) is 17.6. The topological polar surface area (TPSA) is 38.3 Å². The Kier molecular flexibility index (Phi) is 7.27. The number of hydrogen-bond acceptors (Lipinski definition) is 3. The van der Waals surface area contributed by atoms with Gasteiger partial charge in [-0.25, -0.2) is 0 Å². The summed E-state index contributed by atoms with van der Waals surface area (Å²) in [5, 5.41) is 0. The van der Waals surface area contributed by atoms with E-state index < -0.39 is 0 Å². The van der Waals surface area contributed by atoms with Gasteiger partial charge in [0.25, 0.3) is 0 Å². The molecule has 4 saturated carbocycles. The van der Waals surface area contributed by atoms with Gasteiger partial charge in [0.05, 0.1) is 7.11 Å². The van der Waals surface area contributed by atoms with Crippen LogP contribution in [0.3, 0.4) is 0 Å². The molecular weight excluding hydrogens is 438 g/mol. The number of amides is 1. The van der Waals surface area contributed by atoms with Gasteiger partial charge in [0.15, 0.2) is 0 Å². The third kappa shape index (κ3) is 4.53. The molecule has 4 heteroatoms. The van der Waals surface area contributed by atoms with Crippen molar-refractivity contribution in [3.05, 3.63) is 24.3 Å². The molecule has 1 aromatic rings. The smallest absolute Gasteiger partial charge is 0.230 e. The highest BCUT2D eigenvalue weighted by atomic mass is 32.2. The summed E-state index contributed by atoms with van der Waals surface area (Å²) in [7, 11) is 1.67. The molecule has 188 valence electrons. The number of rotatable bonds is 7. The maximum atomic E-state index is 12.5. The van der Waals surface area contributed by atoms with Crippen molar-refractivity contribution < 1.29 is 9.53 Å². The molecule has 0 radical (unpaired) electrons. The van der Waals surface area contributed by atoms with Gasteiger partial charge in [-0.1, -0.05) is 26.7 Å². The van der Waals surface area contributed by atoms with Crippen LogP contribution in [0.25, 0.3) is 0 Å². The number of methoxy groups -OCH3 is 1. The minimum absolute atomic E-state index is 0.160. The van der Waals surface area contributed by atoms with Crippen LogP contribution < -0.4 is 9.46 Å². The molecule has 34 heavy (non-hydrogen) atoms. The van der Waals surface area contributed by atoms with E-state index in [1.54, 1.807) is 7.11 Å². The fourth-order valence-corrected chi connectivity index (χ4v) is 9.80. The Hall–Kier alpha value is -1.16.